The van der Waals surface area contributed by atoms with Gasteiger partial charge in [0.2, 0.25) is 0 Å². The van der Waals surface area contributed by atoms with E-state index in [0.717, 1.165) is 18.2 Å². The second-order valence-electron chi connectivity index (χ2n) is 2.90. The van der Waals surface area contributed by atoms with Gasteiger partial charge in [0.25, 0.3) is 0 Å². The van der Waals surface area contributed by atoms with E-state index in [1.807, 2.05) is 0 Å². The van der Waals surface area contributed by atoms with E-state index in [-0.39, 0.29) is 17.4 Å². The molecular weight excluding hydrogens is 264 g/mol. The Bertz CT molecular complexity index is 433. The molecule has 0 aliphatic carbocycles. The zero-order valence-corrected chi connectivity index (χ0v) is 9.02. The Morgan fingerprint density at radius 1 is 1.41 bits per heavy atom. The van der Waals surface area contributed by atoms with Gasteiger partial charge in [0.1, 0.15) is 17.3 Å². The van der Waals surface area contributed by atoms with Gasteiger partial charge < -0.3 is 10.5 Å². The Balaban J connectivity index is 3.13. The molecule has 0 atom stereocenters. The number of aliphatic imine (C=N–C) groups is 1. The van der Waals surface area contributed by atoms with Crippen molar-refractivity contribution in [2.45, 2.75) is 6.36 Å². The van der Waals surface area contributed by atoms with Crippen LogP contribution in [0.2, 0.25) is 0 Å². The van der Waals surface area contributed by atoms with Gasteiger partial charge in [0.05, 0.1) is 5.88 Å². The van der Waals surface area contributed by atoms with Gasteiger partial charge in [-0.05, 0) is 12.1 Å². The fourth-order valence-electron chi connectivity index (χ4n) is 0.973. The Labute approximate surface area is 98.8 Å². The van der Waals surface area contributed by atoms with Crippen molar-refractivity contribution in [1.29, 1.82) is 0 Å². The summed E-state index contributed by atoms with van der Waals surface area (Å²) in [4.78, 5) is 3.52. The highest BCUT2D eigenvalue weighted by Gasteiger charge is 2.32. The van der Waals surface area contributed by atoms with Crippen molar-refractivity contribution in [3.8, 4) is 5.75 Å². The Morgan fingerprint density at radius 2 is 2.06 bits per heavy atom. The second-order valence-corrected chi connectivity index (χ2v) is 3.16. The molecule has 0 heterocycles. The molecule has 8 heteroatoms. The maximum atomic E-state index is 12.9. The molecule has 0 saturated heterocycles. The Kier molecular flexibility index (Phi) is 4.17. The number of nitrogens with two attached hydrogens (primary N) is 1. The molecule has 1 rings (SSSR count). The summed E-state index contributed by atoms with van der Waals surface area (Å²) in [6, 6.07) is 2.39. The van der Waals surface area contributed by atoms with Crippen LogP contribution in [-0.4, -0.2) is 18.1 Å². The summed E-state index contributed by atoms with van der Waals surface area (Å²) < 4.78 is 52.6. The molecule has 3 nitrogen and oxygen atoms in total. The second kappa shape index (κ2) is 5.22. The minimum atomic E-state index is -4.89. The molecule has 0 amide bonds. The number of ether oxygens (including phenoxy) is 1. The number of hydrogen-bond acceptors (Lipinski definition) is 2. The van der Waals surface area contributed by atoms with Gasteiger partial charge in [0, 0.05) is 6.07 Å². The van der Waals surface area contributed by atoms with Crippen LogP contribution in [0.15, 0.2) is 23.2 Å². The highest BCUT2D eigenvalue weighted by molar-refractivity contribution is 6.28. The first-order valence-corrected chi connectivity index (χ1v) is 4.79. The van der Waals surface area contributed by atoms with Crippen molar-refractivity contribution in [3.63, 3.8) is 0 Å². The lowest BCUT2D eigenvalue weighted by Crippen LogP contribution is -2.18. The Morgan fingerprint density at radius 3 is 2.59 bits per heavy atom. The van der Waals surface area contributed by atoms with Gasteiger partial charge in [0.15, 0.2) is 5.75 Å². The number of alkyl halides is 4. The van der Waals surface area contributed by atoms with Gasteiger partial charge >= 0.3 is 6.36 Å². The van der Waals surface area contributed by atoms with E-state index in [1.54, 1.807) is 0 Å². The number of amidine groups is 1. The SMILES string of the molecule is NC(CCl)=Nc1cc(F)ccc1OC(F)(F)F. The van der Waals surface area contributed by atoms with Crippen molar-refractivity contribution < 1.29 is 22.3 Å². The summed E-state index contributed by atoms with van der Waals surface area (Å²) in [6.45, 7) is 0. The van der Waals surface area contributed by atoms with E-state index < -0.39 is 17.9 Å². The van der Waals surface area contributed by atoms with E-state index in [1.165, 1.54) is 0 Å². The number of benzene rings is 1. The maximum absolute atomic E-state index is 12.9. The molecule has 0 fully saturated rings. The fraction of sp³-hybridized carbons (Fsp3) is 0.222. The Hall–Kier alpha value is -1.50. The molecule has 0 aliphatic rings. The van der Waals surface area contributed by atoms with Crippen molar-refractivity contribution in [1.82, 2.24) is 0 Å². The third-order valence-electron chi connectivity index (χ3n) is 1.55. The van der Waals surface area contributed by atoms with Crippen LogP contribution in [0.1, 0.15) is 0 Å². The smallest absolute Gasteiger partial charge is 0.403 e. The molecule has 1 aromatic rings. The van der Waals surface area contributed by atoms with Gasteiger partial charge in [-0.25, -0.2) is 9.38 Å². The highest BCUT2D eigenvalue weighted by atomic mass is 35.5. The van der Waals surface area contributed by atoms with Crippen molar-refractivity contribution in [3.05, 3.63) is 24.0 Å². The van der Waals surface area contributed by atoms with Gasteiger partial charge in [-0.3, -0.25) is 0 Å². The number of nitrogens with zero attached hydrogens (tertiary/aromatic N) is 1. The molecule has 17 heavy (non-hydrogen) atoms. The minimum Gasteiger partial charge on any atom is -0.403 e. The predicted molar refractivity (Wildman–Crippen MR) is 55.1 cm³/mol. The number of halogens is 5. The topological polar surface area (TPSA) is 47.6 Å². The first-order valence-electron chi connectivity index (χ1n) is 4.26. The summed E-state index contributed by atoms with van der Waals surface area (Å²) in [5, 5.41) is 0. The molecule has 2 N–H and O–H groups in total. The molecule has 1 aromatic carbocycles. The largest absolute Gasteiger partial charge is 0.573 e. The number of hydrogen-bond donors (Lipinski definition) is 1. The van der Waals surface area contributed by atoms with Crippen LogP contribution in [0.3, 0.4) is 0 Å². The van der Waals surface area contributed by atoms with Gasteiger partial charge in [-0.1, -0.05) is 0 Å². The van der Waals surface area contributed by atoms with Gasteiger partial charge in [-0.15, -0.1) is 24.8 Å². The molecule has 94 valence electrons. The van der Waals surface area contributed by atoms with Crippen LogP contribution in [-0.2, 0) is 0 Å². The molecule has 0 spiro atoms. The zero-order chi connectivity index (χ0) is 13.1. The van der Waals surface area contributed by atoms with Crippen molar-refractivity contribution in [2.24, 2.45) is 10.7 Å². The highest BCUT2D eigenvalue weighted by Crippen LogP contribution is 2.32. The first-order chi connectivity index (χ1) is 7.81. The van der Waals surface area contributed by atoms with Crippen LogP contribution in [0.25, 0.3) is 0 Å². The summed E-state index contributed by atoms with van der Waals surface area (Å²) in [7, 11) is 0. The zero-order valence-electron chi connectivity index (χ0n) is 8.26. The lowest BCUT2D eigenvalue weighted by molar-refractivity contribution is -0.274. The van der Waals surface area contributed by atoms with Crippen molar-refractivity contribution >= 4 is 23.1 Å². The van der Waals surface area contributed by atoms with E-state index >= 15 is 0 Å². The van der Waals surface area contributed by atoms with Crippen LogP contribution in [0, 0.1) is 5.82 Å². The predicted octanol–water partition coefficient (Wildman–Crippen LogP) is 2.95. The number of rotatable bonds is 3. The fourth-order valence-corrected chi connectivity index (χ4v) is 1.03. The van der Waals surface area contributed by atoms with Crippen LogP contribution in [0.5, 0.6) is 5.75 Å². The molecule has 0 aliphatic heterocycles. The quantitative estimate of drug-likeness (QED) is 0.397. The van der Waals surface area contributed by atoms with E-state index in [4.69, 9.17) is 17.3 Å². The van der Waals surface area contributed by atoms with Crippen molar-refractivity contribution in [2.75, 3.05) is 5.88 Å². The summed E-state index contributed by atoms with van der Waals surface area (Å²) in [6.07, 6.45) is -4.89. The molecule has 0 bridgehead atoms. The molecule has 0 unspecified atom stereocenters. The maximum Gasteiger partial charge on any atom is 0.573 e. The summed E-state index contributed by atoms with van der Waals surface area (Å²) >= 11 is 5.31. The average molecular weight is 271 g/mol. The van der Waals surface area contributed by atoms with E-state index in [0.29, 0.717) is 0 Å². The van der Waals surface area contributed by atoms with E-state index in [2.05, 4.69) is 9.73 Å². The molecule has 0 radical (unpaired) electrons. The molecular formula is C9H7ClF4N2O. The third kappa shape index (κ3) is 4.48. The first kappa shape index (κ1) is 13.6. The normalized spacial score (nSPS) is 12.6. The summed E-state index contributed by atoms with van der Waals surface area (Å²) in [5.74, 6) is -1.75. The third-order valence-corrected chi connectivity index (χ3v) is 1.82. The monoisotopic (exact) mass is 270 g/mol. The van der Waals surface area contributed by atoms with Crippen LogP contribution >= 0.6 is 11.6 Å². The lowest BCUT2D eigenvalue weighted by Gasteiger charge is -2.11. The van der Waals surface area contributed by atoms with Crippen LogP contribution in [0.4, 0.5) is 23.2 Å². The standard InChI is InChI=1S/C9H7ClF4N2O/c10-4-8(15)16-6-3-5(11)1-2-7(6)17-9(12,13)14/h1-3H,4H2,(H2,15,16). The minimum absolute atomic E-state index is 0.149. The lowest BCUT2D eigenvalue weighted by atomic mass is 10.3. The van der Waals surface area contributed by atoms with E-state index in [9.17, 15) is 17.6 Å². The van der Waals surface area contributed by atoms with Gasteiger partial charge in [-0.2, -0.15) is 0 Å². The molecule has 0 saturated carbocycles. The molecule has 0 aromatic heterocycles. The summed E-state index contributed by atoms with van der Waals surface area (Å²) in [5.41, 5.74) is 4.87. The van der Waals surface area contributed by atoms with Crippen LogP contribution < -0.4 is 10.5 Å². The average Bonchev–Trinajstić information content (AvgIpc) is 2.20.